The van der Waals surface area contributed by atoms with E-state index in [1.54, 1.807) is 0 Å². The summed E-state index contributed by atoms with van der Waals surface area (Å²) in [5.74, 6) is -0.345. The summed E-state index contributed by atoms with van der Waals surface area (Å²) in [5, 5.41) is 14.0. The molecule has 6 heteroatoms. The Kier molecular flexibility index (Phi) is 7.15. The van der Waals surface area contributed by atoms with Crippen LogP contribution in [0.3, 0.4) is 0 Å². The molecule has 0 rings (SSSR count). The van der Waals surface area contributed by atoms with Crippen molar-refractivity contribution in [2.45, 2.75) is 38.8 Å². The number of nitrogens with one attached hydrogen (secondary N) is 2. The third-order valence-electron chi connectivity index (χ3n) is 1.70. The van der Waals surface area contributed by atoms with Gasteiger partial charge in [-0.25, -0.2) is 8.78 Å². The molecule has 4 nitrogen and oxygen atoms in total. The van der Waals surface area contributed by atoms with Gasteiger partial charge >= 0.3 is 0 Å². The van der Waals surface area contributed by atoms with Crippen LogP contribution >= 0.6 is 0 Å². The average molecular weight is 224 g/mol. The molecule has 1 unspecified atom stereocenters. The van der Waals surface area contributed by atoms with Crippen molar-refractivity contribution in [2.24, 2.45) is 0 Å². The Morgan fingerprint density at radius 3 is 2.47 bits per heavy atom. The molecule has 1 atom stereocenters. The summed E-state index contributed by atoms with van der Waals surface area (Å²) in [6, 6.07) is 0.282. The Labute approximate surface area is 88.0 Å². The van der Waals surface area contributed by atoms with Crippen LogP contribution in [-0.2, 0) is 4.79 Å². The van der Waals surface area contributed by atoms with Crippen molar-refractivity contribution in [1.29, 1.82) is 0 Å². The highest BCUT2D eigenvalue weighted by Gasteiger charge is 2.16. The largest absolute Gasteiger partial charge is 0.385 e. The van der Waals surface area contributed by atoms with Gasteiger partial charge in [0.05, 0.1) is 0 Å². The van der Waals surface area contributed by atoms with E-state index in [4.69, 9.17) is 5.11 Å². The summed E-state index contributed by atoms with van der Waals surface area (Å²) in [6.07, 6.45) is -4.39. The molecule has 0 saturated carbocycles. The first-order valence-corrected chi connectivity index (χ1v) is 4.89. The predicted octanol–water partition coefficient (Wildman–Crippen LogP) is 0.117. The van der Waals surface area contributed by atoms with Crippen LogP contribution in [0, 0.1) is 0 Å². The summed E-state index contributed by atoms with van der Waals surface area (Å²) in [7, 11) is 0. The van der Waals surface area contributed by atoms with Gasteiger partial charge in [-0.15, -0.1) is 0 Å². The predicted molar refractivity (Wildman–Crippen MR) is 52.8 cm³/mol. The van der Waals surface area contributed by atoms with Crippen LogP contribution in [0.5, 0.6) is 0 Å². The molecule has 0 aromatic heterocycles. The second-order valence-electron chi connectivity index (χ2n) is 3.56. The minimum Gasteiger partial charge on any atom is -0.385 e. The number of carbonyl (C=O) groups excluding carboxylic acids is 1. The monoisotopic (exact) mass is 224 g/mol. The maximum atomic E-state index is 11.8. The number of halogens is 2. The third kappa shape index (κ3) is 8.26. The molecular formula is C9H18F2N2O2. The van der Waals surface area contributed by atoms with Gasteiger partial charge in [0.25, 0.3) is 6.43 Å². The van der Waals surface area contributed by atoms with Crippen molar-refractivity contribution in [2.75, 3.05) is 13.1 Å². The minimum absolute atomic E-state index is 0.216. The lowest BCUT2D eigenvalue weighted by Gasteiger charge is -2.11. The zero-order valence-corrected chi connectivity index (χ0v) is 8.96. The van der Waals surface area contributed by atoms with Crippen molar-refractivity contribution >= 4 is 5.91 Å². The second-order valence-corrected chi connectivity index (χ2v) is 3.56. The highest BCUT2D eigenvalue weighted by atomic mass is 19.3. The molecule has 0 radical (unpaired) electrons. The summed E-state index contributed by atoms with van der Waals surface area (Å²) in [5.41, 5.74) is 0. The standard InChI is InChI=1S/C9H18F2N2O2/c1-6(2)12-4-3-8(15)13-5-7(14)9(10)11/h6-7,9,12,14H,3-5H2,1-2H3,(H,13,15). The van der Waals surface area contributed by atoms with E-state index < -0.39 is 19.1 Å². The normalized spacial score (nSPS) is 13.3. The lowest BCUT2D eigenvalue weighted by Crippen LogP contribution is -2.37. The summed E-state index contributed by atoms with van der Waals surface area (Å²) in [6.45, 7) is 3.98. The zero-order chi connectivity index (χ0) is 11.8. The molecule has 0 spiro atoms. The van der Waals surface area contributed by atoms with Crippen molar-refractivity contribution in [3.8, 4) is 0 Å². The zero-order valence-electron chi connectivity index (χ0n) is 8.96. The SMILES string of the molecule is CC(C)NCCC(=O)NCC(O)C(F)F. The van der Waals surface area contributed by atoms with Crippen molar-refractivity contribution in [3.63, 3.8) is 0 Å². The van der Waals surface area contributed by atoms with Gasteiger partial charge < -0.3 is 15.7 Å². The van der Waals surface area contributed by atoms with Gasteiger partial charge in [0.15, 0.2) is 0 Å². The number of rotatable bonds is 7. The number of alkyl halides is 2. The number of carbonyl (C=O) groups is 1. The molecule has 0 bridgehead atoms. The third-order valence-corrected chi connectivity index (χ3v) is 1.70. The van der Waals surface area contributed by atoms with Crippen LogP contribution in [0.1, 0.15) is 20.3 Å². The number of hydrogen-bond acceptors (Lipinski definition) is 3. The number of aliphatic hydroxyl groups is 1. The second kappa shape index (κ2) is 7.53. The molecule has 0 aliphatic heterocycles. The van der Waals surface area contributed by atoms with E-state index in [0.717, 1.165) is 0 Å². The van der Waals surface area contributed by atoms with Crippen LogP contribution in [0.25, 0.3) is 0 Å². The van der Waals surface area contributed by atoms with E-state index in [1.165, 1.54) is 0 Å². The van der Waals surface area contributed by atoms with E-state index >= 15 is 0 Å². The molecule has 15 heavy (non-hydrogen) atoms. The molecule has 0 aliphatic rings. The first-order valence-electron chi connectivity index (χ1n) is 4.89. The lowest BCUT2D eigenvalue weighted by atomic mass is 10.3. The highest BCUT2D eigenvalue weighted by Crippen LogP contribution is 1.98. The molecule has 0 heterocycles. The van der Waals surface area contributed by atoms with Crippen LogP contribution in [0.15, 0.2) is 0 Å². The Hall–Kier alpha value is -0.750. The smallest absolute Gasteiger partial charge is 0.265 e. The van der Waals surface area contributed by atoms with Crippen LogP contribution < -0.4 is 10.6 Å². The van der Waals surface area contributed by atoms with Crippen LogP contribution in [0.4, 0.5) is 8.78 Å². The quantitative estimate of drug-likeness (QED) is 0.575. The van der Waals surface area contributed by atoms with Gasteiger partial charge in [0.1, 0.15) is 6.10 Å². The van der Waals surface area contributed by atoms with Gasteiger partial charge in [0.2, 0.25) is 5.91 Å². The molecule has 0 aromatic carbocycles. The highest BCUT2D eigenvalue weighted by molar-refractivity contribution is 5.76. The minimum atomic E-state index is -2.82. The summed E-state index contributed by atoms with van der Waals surface area (Å²) in [4.78, 5) is 11.0. The van der Waals surface area contributed by atoms with E-state index in [0.29, 0.717) is 6.54 Å². The van der Waals surface area contributed by atoms with Gasteiger partial charge in [0, 0.05) is 25.6 Å². The molecule has 0 saturated heterocycles. The first kappa shape index (κ1) is 14.2. The molecule has 3 N–H and O–H groups in total. The number of aliphatic hydroxyl groups excluding tert-OH is 1. The van der Waals surface area contributed by atoms with E-state index in [2.05, 4.69) is 10.6 Å². The fourth-order valence-corrected chi connectivity index (χ4v) is 0.870. The van der Waals surface area contributed by atoms with Crippen molar-refractivity contribution in [1.82, 2.24) is 10.6 Å². The summed E-state index contributed by atoms with van der Waals surface area (Å²) < 4.78 is 23.6. The van der Waals surface area contributed by atoms with E-state index in [1.807, 2.05) is 13.8 Å². The molecule has 1 amide bonds. The van der Waals surface area contributed by atoms with Crippen molar-refractivity contribution < 1.29 is 18.7 Å². The number of amides is 1. The van der Waals surface area contributed by atoms with Gasteiger partial charge in [-0.2, -0.15) is 0 Å². The topological polar surface area (TPSA) is 61.4 Å². The average Bonchev–Trinajstić information content (AvgIpc) is 2.13. The summed E-state index contributed by atoms with van der Waals surface area (Å²) >= 11 is 0. The maximum absolute atomic E-state index is 11.8. The Balaban J connectivity index is 3.49. The maximum Gasteiger partial charge on any atom is 0.265 e. The lowest BCUT2D eigenvalue weighted by molar-refractivity contribution is -0.122. The van der Waals surface area contributed by atoms with Gasteiger partial charge in [-0.05, 0) is 0 Å². The molecule has 90 valence electrons. The fraction of sp³-hybridized carbons (Fsp3) is 0.889. The first-order chi connectivity index (χ1) is 6.93. The molecule has 0 fully saturated rings. The van der Waals surface area contributed by atoms with Crippen LogP contribution in [0.2, 0.25) is 0 Å². The molecule has 0 aliphatic carbocycles. The Bertz CT molecular complexity index is 189. The Morgan fingerprint density at radius 2 is 2.00 bits per heavy atom. The molecular weight excluding hydrogens is 206 g/mol. The van der Waals surface area contributed by atoms with E-state index in [9.17, 15) is 13.6 Å². The molecule has 0 aromatic rings. The Morgan fingerprint density at radius 1 is 1.40 bits per heavy atom. The number of hydrogen-bond donors (Lipinski definition) is 3. The van der Waals surface area contributed by atoms with Gasteiger partial charge in [-0.1, -0.05) is 13.8 Å². The van der Waals surface area contributed by atoms with Crippen molar-refractivity contribution in [3.05, 3.63) is 0 Å². The van der Waals surface area contributed by atoms with Gasteiger partial charge in [-0.3, -0.25) is 4.79 Å². The van der Waals surface area contributed by atoms with Crippen LogP contribution in [-0.4, -0.2) is 42.7 Å². The van der Waals surface area contributed by atoms with E-state index in [-0.39, 0.29) is 18.4 Å². The fourth-order valence-electron chi connectivity index (χ4n) is 0.870.